The molecule has 0 aliphatic heterocycles. The number of hydrogen-bond acceptors (Lipinski definition) is 2. The molecular formula is C12H15N2O3+. The first-order valence-corrected chi connectivity index (χ1v) is 5.41. The molecule has 90 valence electrons. The highest BCUT2D eigenvalue weighted by atomic mass is 16.5. The maximum atomic E-state index is 11.2. The van der Waals surface area contributed by atoms with Gasteiger partial charge in [0.15, 0.2) is 11.0 Å². The van der Waals surface area contributed by atoms with Crippen LogP contribution in [0.15, 0.2) is 18.2 Å². The molecule has 0 saturated heterocycles. The summed E-state index contributed by atoms with van der Waals surface area (Å²) in [5, 5.41) is 9.17. The summed E-state index contributed by atoms with van der Waals surface area (Å²) < 4.78 is 9.14. The van der Waals surface area contributed by atoms with Crippen LogP contribution in [0.4, 0.5) is 0 Å². The Kier molecular flexibility index (Phi) is 2.75. The molecule has 2 aromatic rings. The molecule has 1 aromatic carbocycles. The van der Waals surface area contributed by atoms with Crippen LogP contribution in [0.1, 0.15) is 17.3 Å². The van der Waals surface area contributed by atoms with Gasteiger partial charge in [-0.05, 0) is 19.1 Å². The molecule has 0 atom stereocenters. The van der Waals surface area contributed by atoms with E-state index in [0.29, 0.717) is 18.1 Å². The molecule has 1 aromatic heterocycles. The van der Waals surface area contributed by atoms with Crippen LogP contribution in [0.3, 0.4) is 0 Å². The number of rotatable bonds is 3. The molecule has 0 bridgehead atoms. The summed E-state index contributed by atoms with van der Waals surface area (Å²) in [6.07, 6.45) is 0. The summed E-state index contributed by atoms with van der Waals surface area (Å²) in [5.74, 6) is -0.931. The third kappa shape index (κ3) is 1.63. The first-order valence-electron chi connectivity index (χ1n) is 5.41. The predicted octanol–water partition coefficient (Wildman–Crippen LogP) is 1.10. The number of benzene rings is 1. The smallest absolute Gasteiger partial charge is 0.456 e. The summed E-state index contributed by atoms with van der Waals surface area (Å²) in [7, 11) is 3.67. The molecular weight excluding hydrogens is 220 g/mol. The zero-order valence-corrected chi connectivity index (χ0v) is 10.1. The second kappa shape index (κ2) is 4.08. The molecule has 0 fully saturated rings. The number of aromatic nitrogens is 2. The maximum Gasteiger partial charge on any atom is 0.456 e. The lowest BCUT2D eigenvalue weighted by molar-refractivity contribution is -0.652. The minimum absolute atomic E-state index is 0.284. The molecule has 0 saturated carbocycles. The zero-order valence-electron chi connectivity index (χ0n) is 10.1. The lowest BCUT2D eigenvalue weighted by Crippen LogP contribution is -2.31. The van der Waals surface area contributed by atoms with Crippen molar-refractivity contribution in [1.82, 2.24) is 4.57 Å². The Hall–Kier alpha value is -2.04. The van der Waals surface area contributed by atoms with E-state index in [-0.39, 0.29) is 5.56 Å². The number of carboxylic acid groups (broad SMARTS) is 1. The molecule has 0 radical (unpaired) electrons. The van der Waals surface area contributed by atoms with Crippen molar-refractivity contribution in [2.24, 2.45) is 14.1 Å². The number of carboxylic acids is 1. The quantitative estimate of drug-likeness (QED) is 0.810. The summed E-state index contributed by atoms with van der Waals surface area (Å²) in [5.41, 5.74) is 1.80. The Morgan fingerprint density at radius 1 is 1.53 bits per heavy atom. The monoisotopic (exact) mass is 235 g/mol. The van der Waals surface area contributed by atoms with Crippen molar-refractivity contribution >= 4 is 17.0 Å². The molecule has 5 heteroatoms. The second-order valence-corrected chi connectivity index (χ2v) is 3.81. The van der Waals surface area contributed by atoms with Crippen molar-refractivity contribution in [3.63, 3.8) is 0 Å². The fourth-order valence-corrected chi connectivity index (χ4v) is 2.07. The number of fused-ring (bicyclic) bond motifs is 1. The molecule has 5 nitrogen and oxygen atoms in total. The third-order valence-electron chi connectivity index (χ3n) is 2.79. The maximum absolute atomic E-state index is 11.2. The Bertz CT molecular complexity index is 587. The van der Waals surface area contributed by atoms with Crippen molar-refractivity contribution in [3.05, 3.63) is 23.8 Å². The van der Waals surface area contributed by atoms with Crippen LogP contribution in [-0.2, 0) is 14.1 Å². The average molecular weight is 235 g/mol. The molecule has 0 spiro atoms. The van der Waals surface area contributed by atoms with Gasteiger partial charge in [-0.1, -0.05) is 6.07 Å². The summed E-state index contributed by atoms with van der Waals surface area (Å²) >= 11 is 0. The molecule has 0 amide bonds. The molecule has 0 unspecified atom stereocenters. The van der Waals surface area contributed by atoms with Gasteiger partial charge in [0.05, 0.1) is 20.7 Å². The number of aromatic carboxylic acids is 1. The van der Waals surface area contributed by atoms with E-state index < -0.39 is 5.97 Å². The summed E-state index contributed by atoms with van der Waals surface area (Å²) in [6.45, 7) is 2.44. The van der Waals surface area contributed by atoms with Gasteiger partial charge in [0.25, 0.3) is 0 Å². The Balaban J connectivity index is 2.82. The molecule has 17 heavy (non-hydrogen) atoms. The lowest BCUT2D eigenvalue weighted by atomic mass is 10.2. The molecule has 2 rings (SSSR count). The van der Waals surface area contributed by atoms with E-state index in [1.165, 1.54) is 0 Å². The first-order chi connectivity index (χ1) is 8.07. The van der Waals surface area contributed by atoms with Gasteiger partial charge in [-0.2, -0.15) is 9.13 Å². The van der Waals surface area contributed by atoms with Crippen molar-refractivity contribution < 1.29 is 19.2 Å². The number of ether oxygens (including phenoxy) is 1. The number of para-hydroxylation sites is 1. The van der Waals surface area contributed by atoms with E-state index in [2.05, 4.69) is 0 Å². The highest BCUT2D eigenvalue weighted by Gasteiger charge is 2.25. The Labute approximate surface area is 98.9 Å². The van der Waals surface area contributed by atoms with Gasteiger partial charge >= 0.3 is 12.0 Å². The van der Waals surface area contributed by atoms with Gasteiger partial charge in [0, 0.05) is 0 Å². The molecule has 0 aliphatic rings. The highest BCUT2D eigenvalue weighted by molar-refractivity contribution is 5.99. The number of hydrogen-bond donors (Lipinski definition) is 1. The Morgan fingerprint density at radius 2 is 2.24 bits per heavy atom. The zero-order chi connectivity index (χ0) is 12.6. The normalized spacial score (nSPS) is 10.8. The average Bonchev–Trinajstić information content (AvgIpc) is 2.55. The predicted molar refractivity (Wildman–Crippen MR) is 62.2 cm³/mol. The van der Waals surface area contributed by atoms with Crippen LogP contribution in [-0.4, -0.2) is 22.2 Å². The van der Waals surface area contributed by atoms with E-state index in [4.69, 9.17) is 4.74 Å². The van der Waals surface area contributed by atoms with Crippen LogP contribution in [0.5, 0.6) is 6.01 Å². The first kappa shape index (κ1) is 11.4. The van der Waals surface area contributed by atoms with Crippen LogP contribution < -0.4 is 9.30 Å². The molecule has 1 heterocycles. The van der Waals surface area contributed by atoms with Crippen molar-refractivity contribution in [3.8, 4) is 6.01 Å². The fraction of sp³-hybridized carbons (Fsp3) is 0.333. The van der Waals surface area contributed by atoms with Crippen molar-refractivity contribution in [1.29, 1.82) is 0 Å². The number of imidazole rings is 1. The summed E-state index contributed by atoms with van der Waals surface area (Å²) in [4.78, 5) is 11.2. The van der Waals surface area contributed by atoms with Gasteiger partial charge in [-0.15, -0.1) is 0 Å². The highest BCUT2D eigenvalue weighted by Crippen LogP contribution is 2.20. The molecule has 1 N–H and O–H groups in total. The fourth-order valence-electron chi connectivity index (χ4n) is 2.07. The van der Waals surface area contributed by atoms with E-state index in [0.717, 1.165) is 5.52 Å². The topological polar surface area (TPSA) is 55.3 Å². The number of aryl methyl sites for hydroxylation is 2. The summed E-state index contributed by atoms with van der Waals surface area (Å²) in [6, 6.07) is 5.86. The van der Waals surface area contributed by atoms with Gasteiger partial charge in [-0.25, -0.2) is 4.79 Å². The number of nitrogens with zero attached hydrogens (tertiary/aromatic N) is 2. The van der Waals surface area contributed by atoms with Crippen LogP contribution in [0, 0.1) is 0 Å². The van der Waals surface area contributed by atoms with Crippen LogP contribution in [0.2, 0.25) is 0 Å². The van der Waals surface area contributed by atoms with Crippen molar-refractivity contribution in [2.45, 2.75) is 6.92 Å². The lowest BCUT2D eigenvalue weighted by Gasteiger charge is -1.97. The van der Waals surface area contributed by atoms with Gasteiger partial charge in [-0.3, -0.25) is 0 Å². The number of carbonyl (C=O) groups is 1. The SMILES string of the molecule is CCOc1n(C)c2cccc(C(=O)O)c2[n+]1C. The van der Waals surface area contributed by atoms with E-state index >= 15 is 0 Å². The van der Waals surface area contributed by atoms with Gasteiger partial charge in [0.1, 0.15) is 5.56 Å². The minimum atomic E-state index is -0.931. The van der Waals surface area contributed by atoms with Gasteiger partial charge in [0.2, 0.25) is 0 Å². The van der Waals surface area contributed by atoms with Crippen LogP contribution in [0.25, 0.3) is 11.0 Å². The molecule has 0 aliphatic carbocycles. The van der Waals surface area contributed by atoms with Crippen molar-refractivity contribution in [2.75, 3.05) is 6.61 Å². The third-order valence-corrected chi connectivity index (χ3v) is 2.79. The van der Waals surface area contributed by atoms with E-state index in [1.54, 1.807) is 23.7 Å². The van der Waals surface area contributed by atoms with Gasteiger partial charge < -0.3 is 9.84 Å². The Morgan fingerprint density at radius 3 is 2.82 bits per heavy atom. The minimum Gasteiger partial charge on any atom is -0.478 e. The second-order valence-electron chi connectivity index (χ2n) is 3.81. The largest absolute Gasteiger partial charge is 0.478 e. The van der Waals surface area contributed by atoms with E-state index in [1.807, 2.05) is 24.6 Å². The van der Waals surface area contributed by atoms with Crippen LogP contribution >= 0.6 is 0 Å². The van der Waals surface area contributed by atoms with E-state index in [9.17, 15) is 9.90 Å². The standard InChI is InChI=1S/C12H14N2O3/c1-4-17-12-13(2)9-7-5-6-8(11(15)16)10(9)14(12)3/h5-7H,4H2,1-3H3/p+1.